The summed E-state index contributed by atoms with van der Waals surface area (Å²) in [6.07, 6.45) is -4.28. The number of hydrogen-bond donors (Lipinski definition) is 1. The maximum atomic E-state index is 13.2. The van der Waals surface area contributed by atoms with Crippen molar-refractivity contribution in [3.63, 3.8) is 0 Å². The Labute approximate surface area is 186 Å². The van der Waals surface area contributed by atoms with Crippen LogP contribution in [0.1, 0.15) is 40.4 Å². The molecular formula is C22H21F4N3O4. The molecule has 2 aromatic heterocycles. The minimum absolute atomic E-state index is 0.00564. The van der Waals surface area contributed by atoms with Crippen molar-refractivity contribution < 1.29 is 36.6 Å². The number of pyridine rings is 1. The Hall–Kier alpha value is -3.63. The molecule has 0 bridgehead atoms. The minimum Gasteiger partial charge on any atom is -0.481 e. The van der Waals surface area contributed by atoms with E-state index in [-0.39, 0.29) is 40.3 Å². The van der Waals surface area contributed by atoms with E-state index < -0.39 is 30.5 Å². The number of aryl methyl sites for hydroxylation is 2. The van der Waals surface area contributed by atoms with E-state index in [1.807, 2.05) is 0 Å². The average Bonchev–Trinajstić information content (AvgIpc) is 3.02. The molecule has 1 N–H and O–H groups in total. The molecule has 0 unspecified atom stereocenters. The Bertz CT molecular complexity index is 1190. The fraction of sp³-hybridized carbons (Fsp3) is 0.318. The Morgan fingerprint density at radius 2 is 1.82 bits per heavy atom. The standard InChI is InChI=1S/C22H21F4N3O4/c1-4-15-16(28-20(30)12-6-8-13(23)9-7-12)10-14-18(33-11-22(24,25)26)17(21(31)32-5-2)29(3)19(14)27-15/h6-10H,4-5,11H2,1-3H3,(H,28,30). The van der Waals surface area contributed by atoms with Gasteiger partial charge in [0.2, 0.25) is 0 Å². The zero-order chi connectivity index (χ0) is 24.3. The van der Waals surface area contributed by atoms with Crippen LogP contribution in [0, 0.1) is 5.82 Å². The first-order valence-corrected chi connectivity index (χ1v) is 10.0. The van der Waals surface area contributed by atoms with E-state index in [4.69, 9.17) is 9.47 Å². The predicted molar refractivity (Wildman–Crippen MR) is 112 cm³/mol. The van der Waals surface area contributed by atoms with Crippen LogP contribution in [0.5, 0.6) is 5.75 Å². The third-order valence-electron chi connectivity index (χ3n) is 4.73. The lowest BCUT2D eigenvalue weighted by molar-refractivity contribution is -0.153. The molecule has 0 saturated carbocycles. The number of carbonyl (C=O) groups excluding carboxylic acids is 2. The van der Waals surface area contributed by atoms with E-state index in [0.29, 0.717) is 12.1 Å². The van der Waals surface area contributed by atoms with Gasteiger partial charge in [0.1, 0.15) is 11.5 Å². The number of anilines is 1. The summed E-state index contributed by atoms with van der Waals surface area (Å²) < 4.78 is 63.0. The molecule has 3 aromatic rings. The molecule has 33 heavy (non-hydrogen) atoms. The van der Waals surface area contributed by atoms with E-state index in [1.165, 1.54) is 29.8 Å². The Morgan fingerprint density at radius 1 is 1.15 bits per heavy atom. The van der Waals surface area contributed by atoms with Gasteiger partial charge in [-0.2, -0.15) is 13.2 Å². The highest BCUT2D eigenvalue weighted by Gasteiger charge is 2.32. The third kappa shape index (κ3) is 5.24. The number of halogens is 4. The van der Waals surface area contributed by atoms with E-state index in [1.54, 1.807) is 13.8 Å². The first kappa shape index (κ1) is 24.0. The average molecular weight is 467 g/mol. The number of aromatic nitrogens is 2. The molecule has 0 saturated heterocycles. The Morgan fingerprint density at radius 3 is 2.39 bits per heavy atom. The summed E-state index contributed by atoms with van der Waals surface area (Å²) in [4.78, 5) is 29.5. The molecule has 1 amide bonds. The van der Waals surface area contributed by atoms with Crippen LogP contribution >= 0.6 is 0 Å². The minimum atomic E-state index is -4.65. The van der Waals surface area contributed by atoms with Crippen molar-refractivity contribution in [2.75, 3.05) is 18.5 Å². The summed E-state index contributed by atoms with van der Waals surface area (Å²) in [6.45, 7) is 1.71. The van der Waals surface area contributed by atoms with Gasteiger partial charge in [0.15, 0.2) is 18.1 Å². The van der Waals surface area contributed by atoms with E-state index in [9.17, 15) is 27.2 Å². The quantitative estimate of drug-likeness (QED) is 0.404. The number of hydrogen-bond acceptors (Lipinski definition) is 5. The summed E-state index contributed by atoms with van der Waals surface area (Å²) in [6, 6.07) is 6.24. The van der Waals surface area contributed by atoms with Gasteiger partial charge >= 0.3 is 12.1 Å². The summed E-state index contributed by atoms with van der Waals surface area (Å²) in [5.74, 6) is -2.29. The predicted octanol–water partition coefficient (Wildman–Crippen LogP) is 4.64. The molecule has 0 fully saturated rings. The van der Waals surface area contributed by atoms with Crippen molar-refractivity contribution in [1.29, 1.82) is 0 Å². The van der Waals surface area contributed by atoms with Crippen LogP contribution in [-0.4, -0.2) is 40.8 Å². The number of nitrogens with zero attached hydrogens (tertiary/aromatic N) is 2. The summed E-state index contributed by atoms with van der Waals surface area (Å²) in [5, 5.41) is 2.74. The van der Waals surface area contributed by atoms with Crippen LogP contribution in [0.3, 0.4) is 0 Å². The van der Waals surface area contributed by atoms with Crippen LogP contribution in [0.2, 0.25) is 0 Å². The van der Waals surface area contributed by atoms with Crippen LogP contribution in [0.25, 0.3) is 11.0 Å². The van der Waals surface area contributed by atoms with Crippen molar-refractivity contribution >= 4 is 28.6 Å². The van der Waals surface area contributed by atoms with E-state index in [0.717, 1.165) is 12.1 Å². The largest absolute Gasteiger partial charge is 0.481 e. The Kier molecular flexibility index (Phi) is 6.89. The molecule has 0 aliphatic heterocycles. The van der Waals surface area contributed by atoms with Gasteiger partial charge in [-0.25, -0.2) is 14.2 Å². The van der Waals surface area contributed by atoms with Crippen LogP contribution in [0.4, 0.5) is 23.2 Å². The van der Waals surface area contributed by atoms with Gasteiger partial charge < -0.3 is 19.4 Å². The van der Waals surface area contributed by atoms with Gasteiger partial charge in [-0.05, 0) is 43.7 Å². The van der Waals surface area contributed by atoms with E-state index in [2.05, 4.69) is 10.3 Å². The number of fused-ring (bicyclic) bond motifs is 1. The molecular weight excluding hydrogens is 446 g/mol. The number of rotatable bonds is 7. The SMILES string of the molecule is CCOC(=O)c1c(OCC(F)(F)F)c2cc(NC(=O)c3ccc(F)cc3)c(CC)nc2n1C. The van der Waals surface area contributed by atoms with Gasteiger partial charge in [-0.3, -0.25) is 4.79 Å². The van der Waals surface area contributed by atoms with Gasteiger partial charge in [0.25, 0.3) is 5.91 Å². The maximum absolute atomic E-state index is 13.2. The highest BCUT2D eigenvalue weighted by atomic mass is 19.4. The first-order valence-electron chi connectivity index (χ1n) is 10.0. The lowest BCUT2D eigenvalue weighted by Crippen LogP contribution is -2.20. The fourth-order valence-electron chi connectivity index (χ4n) is 3.25. The first-order chi connectivity index (χ1) is 15.6. The maximum Gasteiger partial charge on any atom is 0.422 e. The third-order valence-corrected chi connectivity index (χ3v) is 4.73. The van der Waals surface area contributed by atoms with Crippen LogP contribution in [0.15, 0.2) is 30.3 Å². The van der Waals surface area contributed by atoms with Crippen LogP contribution in [-0.2, 0) is 18.2 Å². The monoisotopic (exact) mass is 467 g/mol. The highest BCUT2D eigenvalue weighted by Crippen LogP contribution is 2.36. The second kappa shape index (κ2) is 9.47. The van der Waals surface area contributed by atoms with Crippen molar-refractivity contribution in [1.82, 2.24) is 9.55 Å². The number of ether oxygens (including phenoxy) is 2. The molecule has 0 aliphatic carbocycles. The van der Waals surface area contributed by atoms with Gasteiger partial charge in [0, 0.05) is 12.6 Å². The molecule has 0 spiro atoms. The highest BCUT2D eigenvalue weighted by molar-refractivity contribution is 6.07. The molecule has 0 aliphatic rings. The Balaban J connectivity index is 2.12. The van der Waals surface area contributed by atoms with Crippen molar-refractivity contribution in [2.45, 2.75) is 26.4 Å². The second-order valence-electron chi connectivity index (χ2n) is 7.03. The number of alkyl halides is 3. The van der Waals surface area contributed by atoms with Crippen LogP contribution < -0.4 is 10.1 Å². The summed E-state index contributed by atoms with van der Waals surface area (Å²) in [7, 11) is 1.46. The zero-order valence-electron chi connectivity index (χ0n) is 18.0. The number of amides is 1. The number of esters is 1. The molecule has 0 atom stereocenters. The molecule has 2 heterocycles. The molecule has 1 aromatic carbocycles. The number of carbonyl (C=O) groups is 2. The number of nitrogens with one attached hydrogen (secondary N) is 1. The summed E-state index contributed by atoms with van der Waals surface area (Å²) in [5.41, 5.74) is 0.778. The zero-order valence-corrected chi connectivity index (χ0v) is 18.0. The topological polar surface area (TPSA) is 82.4 Å². The normalized spacial score (nSPS) is 11.5. The van der Waals surface area contributed by atoms with Gasteiger partial charge in [-0.1, -0.05) is 6.92 Å². The van der Waals surface area contributed by atoms with Gasteiger partial charge in [0.05, 0.1) is 23.4 Å². The lowest BCUT2D eigenvalue weighted by atomic mass is 10.1. The molecule has 0 radical (unpaired) electrons. The van der Waals surface area contributed by atoms with E-state index >= 15 is 0 Å². The van der Waals surface area contributed by atoms with Crippen molar-refractivity contribution in [3.05, 3.63) is 53.1 Å². The molecule has 176 valence electrons. The molecule has 7 nitrogen and oxygen atoms in total. The van der Waals surface area contributed by atoms with Crippen molar-refractivity contribution in [2.24, 2.45) is 7.05 Å². The summed E-state index contributed by atoms with van der Waals surface area (Å²) >= 11 is 0. The number of benzene rings is 1. The van der Waals surface area contributed by atoms with Crippen molar-refractivity contribution in [3.8, 4) is 5.75 Å². The lowest BCUT2D eigenvalue weighted by Gasteiger charge is -2.12. The molecule has 3 rings (SSSR count). The fourth-order valence-corrected chi connectivity index (χ4v) is 3.25. The second-order valence-corrected chi connectivity index (χ2v) is 7.03. The van der Waals surface area contributed by atoms with Gasteiger partial charge in [-0.15, -0.1) is 0 Å². The smallest absolute Gasteiger partial charge is 0.422 e. The molecule has 11 heteroatoms.